The summed E-state index contributed by atoms with van der Waals surface area (Å²) in [6, 6.07) is 3.17. The number of pyridine rings is 1. The Labute approximate surface area is 174 Å². The van der Waals surface area contributed by atoms with Crippen LogP contribution in [0, 0.1) is 5.82 Å². The first-order chi connectivity index (χ1) is 14.6. The number of nitrogens with one attached hydrogen (secondary N) is 1. The maximum Gasteiger partial charge on any atom is 0.573 e. The molecule has 0 unspecified atom stereocenters. The first-order valence-corrected chi connectivity index (χ1v) is 9.54. The average Bonchev–Trinajstić information content (AvgIpc) is 3.07. The van der Waals surface area contributed by atoms with Crippen molar-refractivity contribution in [2.24, 2.45) is 0 Å². The standard InChI is InChI=1S/C20H18F4N4O3/c21-14-9-26-18-13(8-16(29)27-18)17(14)10-3-5-28(6-4-10)19(30)12-2-1-11(7-15(12)25)31-20(22,23)24/h1-2,7,9-10H,3-6,8,25H2,(H,26,27,29). The molecular formula is C20H18F4N4O3. The number of likely N-dealkylation sites (tertiary alicyclic amines) is 1. The largest absolute Gasteiger partial charge is 0.573 e. The van der Waals surface area contributed by atoms with E-state index in [-0.39, 0.29) is 29.5 Å². The number of carbonyl (C=O) groups is 2. The van der Waals surface area contributed by atoms with E-state index < -0.39 is 23.8 Å². The summed E-state index contributed by atoms with van der Waals surface area (Å²) >= 11 is 0. The molecule has 7 nitrogen and oxygen atoms in total. The predicted octanol–water partition coefficient (Wildman–Crippen LogP) is 3.22. The Morgan fingerprint density at radius 3 is 2.61 bits per heavy atom. The molecule has 2 aliphatic rings. The van der Waals surface area contributed by atoms with E-state index in [2.05, 4.69) is 15.0 Å². The van der Waals surface area contributed by atoms with Crippen molar-refractivity contribution >= 4 is 23.3 Å². The van der Waals surface area contributed by atoms with Crippen LogP contribution < -0.4 is 15.8 Å². The van der Waals surface area contributed by atoms with Crippen LogP contribution in [-0.4, -0.2) is 41.2 Å². The summed E-state index contributed by atoms with van der Waals surface area (Å²) in [7, 11) is 0. The van der Waals surface area contributed by atoms with Crippen molar-refractivity contribution in [3.63, 3.8) is 0 Å². The fraction of sp³-hybridized carbons (Fsp3) is 0.350. The maximum atomic E-state index is 14.5. The Morgan fingerprint density at radius 1 is 1.26 bits per heavy atom. The van der Waals surface area contributed by atoms with Gasteiger partial charge in [0.05, 0.1) is 18.2 Å². The van der Waals surface area contributed by atoms with Gasteiger partial charge in [0.2, 0.25) is 5.91 Å². The number of aromatic nitrogens is 1. The molecule has 1 aromatic carbocycles. The number of benzene rings is 1. The van der Waals surface area contributed by atoms with Crippen LogP contribution in [0.15, 0.2) is 24.4 Å². The molecule has 0 atom stereocenters. The van der Waals surface area contributed by atoms with E-state index in [1.807, 2.05) is 0 Å². The lowest BCUT2D eigenvalue weighted by molar-refractivity contribution is -0.274. The van der Waals surface area contributed by atoms with Crippen LogP contribution in [-0.2, 0) is 11.2 Å². The highest BCUT2D eigenvalue weighted by Gasteiger charge is 2.33. The first kappa shape index (κ1) is 20.9. The van der Waals surface area contributed by atoms with Crippen LogP contribution in [0.1, 0.15) is 40.2 Å². The van der Waals surface area contributed by atoms with E-state index in [0.29, 0.717) is 42.9 Å². The van der Waals surface area contributed by atoms with Gasteiger partial charge in [-0.1, -0.05) is 0 Å². The van der Waals surface area contributed by atoms with Gasteiger partial charge in [-0.05, 0) is 30.9 Å². The number of rotatable bonds is 3. The third-order valence-corrected chi connectivity index (χ3v) is 5.45. The fourth-order valence-corrected chi connectivity index (χ4v) is 4.08. The second-order valence-electron chi connectivity index (χ2n) is 7.44. The number of anilines is 2. The number of nitrogens with zero attached hydrogens (tertiary/aromatic N) is 2. The highest BCUT2D eigenvalue weighted by Crippen LogP contribution is 2.37. The van der Waals surface area contributed by atoms with Crippen molar-refractivity contribution in [3.8, 4) is 5.75 Å². The second-order valence-corrected chi connectivity index (χ2v) is 7.44. The quantitative estimate of drug-likeness (QED) is 0.567. The molecule has 1 fully saturated rings. The number of nitrogen functional groups attached to an aromatic ring is 1. The molecule has 4 rings (SSSR count). The van der Waals surface area contributed by atoms with E-state index in [4.69, 9.17) is 5.73 Å². The van der Waals surface area contributed by atoms with Crippen LogP contribution in [0.25, 0.3) is 0 Å². The van der Waals surface area contributed by atoms with Gasteiger partial charge in [0.25, 0.3) is 5.91 Å². The summed E-state index contributed by atoms with van der Waals surface area (Å²) < 4.78 is 55.3. The van der Waals surface area contributed by atoms with Crippen LogP contribution >= 0.6 is 0 Å². The number of hydrogen-bond donors (Lipinski definition) is 2. The number of ether oxygens (including phenoxy) is 1. The van der Waals surface area contributed by atoms with Gasteiger partial charge < -0.3 is 20.7 Å². The van der Waals surface area contributed by atoms with Crippen molar-refractivity contribution in [1.82, 2.24) is 9.88 Å². The SMILES string of the molecule is Nc1cc(OC(F)(F)F)ccc1C(=O)N1CCC(c2c(F)cnc3c2CC(=O)N3)CC1. The second kappa shape index (κ2) is 7.71. The van der Waals surface area contributed by atoms with Crippen LogP contribution in [0.5, 0.6) is 5.75 Å². The number of amides is 2. The molecule has 2 amide bonds. The Kier molecular flexibility index (Phi) is 5.19. The van der Waals surface area contributed by atoms with Gasteiger partial charge in [0, 0.05) is 36.0 Å². The number of alkyl halides is 3. The fourth-order valence-electron chi connectivity index (χ4n) is 4.08. The van der Waals surface area contributed by atoms with E-state index in [1.54, 1.807) is 0 Å². The van der Waals surface area contributed by atoms with Gasteiger partial charge in [0.1, 0.15) is 17.4 Å². The van der Waals surface area contributed by atoms with Gasteiger partial charge in [-0.15, -0.1) is 13.2 Å². The molecule has 2 aliphatic heterocycles. The molecule has 3 heterocycles. The molecule has 31 heavy (non-hydrogen) atoms. The maximum absolute atomic E-state index is 14.5. The van der Waals surface area contributed by atoms with E-state index in [9.17, 15) is 27.2 Å². The number of piperidine rings is 1. The lowest BCUT2D eigenvalue weighted by Gasteiger charge is -2.33. The first-order valence-electron chi connectivity index (χ1n) is 9.54. The molecule has 0 aliphatic carbocycles. The molecule has 0 radical (unpaired) electrons. The van der Waals surface area contributed by atoms with Gasteiger partial charge in [-0.25, -0.2) is 9.37 Å². The zero-order valence-corrected chi connectivity index (χ0v) is 16.1. The predicted molar refractivity (Wildman–Crippen MR) is 102 cm³/mol. The molecular weight excluding hydrogens is 420 g/mol. The molecule has 11 heteroatoms. The minimum atomic E-state index is -4.86. The molecule has 164 valence electrons. The Bertz CT molecular complexity index is 1050. The third-order valence-electron chi connectivity index (χ3n) is 5.45. The van der Waals surface area contributed by atoms with Gasteiger partial charge >= 0.3 is 6.36 Å². The number of carbonyl (C=O) groups excluding carboxylic acids is 2. The normalized spacial score (nSPS) is 16.8. The smallest absolute Gasteiger partial charge is 0.406 e. The minimum absolute atomic E-state index is 0.0669. The molecule has 0 saturated carbocycles. The molecule has 1 saturated heterocycles. The summed E-state index contributed by atoms with van der Waals surface area (Å²) in [6.07, 6.45) is -2.78. The molecule has 0 bridgehead atoms. The molecule has 2 aromatic rings. The topological polar surface area (TPSA) is 97.6 Å². The number of fused-ring (bicyclic) bond motifs is 1. The Hall–Kier alpha value is -3.37. The van der Waals surface area contributed by atoms with Gasteiger partial charge in [-0.3, -0.25) is 9.59 Å². The number of halogens is 4. The highest BCUT2D eigenvalue weighted by atomic mass is 19.4. The monoisotopic (exact) mass is 438 g/mol. The summed E-state index contributed by atoms with van der Waals surface area (Å²) in [4.78, 5) is 29.9. The zero-order valence-electron chi connectivity index (χ0n) is 16.1. The summed E-state index contributed by atoms with van der Waals surface area (Å²) in [5.41, 5.74) is 6.71. The molecule has 3 N–H and O–H groups in total. The lowest BCUT2D eigenvalue weighted by Crippen LogP contribution is -2.38. The minimum Gasteiger partial charge on any atom is -0.406 e. The lowest BCUT2D eigenvalue weighted by atomic mass is 9.86. The Balaban J connectivity index is 1.46. The van der Waals surface area contributed by atoms with Crippen molar-refractivity contribution in [3.05, 3.63) is 46.9 Å². The van der Waals surface area contributed by atoms with Gasteiger partial charge in [-0.2, -0.15) is 0 Å². The van der Waals surface area contributed by atoms with Crippen LogP contribution in [0.3, 0.4) is 0 Å². The highest BCUT2D eigenvalue weighted by molar-refractivity contribution is 5.99. The third kappa shape index (κ3) is 4.25. The van der Waals surface area contributed by atoms with Crippen LogP contribution in [0.2, 0.25) is 0 Å². The summed E-state index contributed by atoms with van der Waals surface area (Å²) in [6.45, 7) is 0.614. The number of hydrogen-bond acceptors (Lipinski definition) is 5. The molecule has 0 spiro atoms. The van der Waals surface area contributed by atoms with Crippen molar-refractivity contribution in [2.75, 3.05) is 24.1 Å². The molecule has 1 aromatic heterocycles. The summed E-state index contributed by atoms with van der Waals surface area (Å²) in [5, 5.41) is 2.60. The Morgan fingerprint density at radius 2 is 1.97 bits per heavy atom. The van der Waals surface area contributed by atoms with E-state index in [1.165, 1.54) is 11.0 Å². The van der Waals surface area contributed by atoms with Crippen molar-refractivity contribution in [2.45, 2.75) is 31.5 Å². The summed E-state index contributed by atoms with van der Waals surface area (Å²) in [5.74, 6) is -1.47. The van der Waals surface area contributed by atoms with Gasteiger partial charge in [0.15, 0.2) is 0 Å². The van der Waals surface area contributed by atoms with Crippen LogP contribution in [0.4, 0.5) is 29.1 Å². The van der Waals surface area contributed by atoms with E-state index in [0.717, 1.165) is 18.3 Å². The number of nitrogens with two attached hydrogens (primary N) is 1. The van der Waals surface area contributed by atoms with Crippen molar-refractivity contribution in [1.29, 1.82) is 0 Å². The van der Waals surface area contributed by atoms with Crippen molar-refractivity contribution < 1.29 is 31.9 Å². The zero-order chi connectivity index (χ0) is 22.3. The average molecular weight is 438 g/mol. The van der Waals surface area contributed by atoms with E-state index >= 15 is 0 Å².